The fourth-order valence-corrected chi connectivity index (χ4v) is 7.04. The maximum Gasteiger partial charge on any atom is 0.0659 e. The number of aromatic nitrogens is 8. The highest BCUT2D eigenvalue weighted by Gasteiger charge is 2.09. The van der Waals surface area contributed by atoms with Gasteiger partial charge in [0.2, 0.25) is 0 Å². The molecule has 0 spiro atoms. The van der Waals surface area contributed by atoms with E-state index in [9.17, 15) is 0 Å². The Kier molecular flexibility index (Phi) is 6.84. The van der Waals surface area contributed by atoms with Gasteiger partial charge in [0.1, 0.15) is 0 Å². The molecule has 0 saturated heterocycles. The molecule has 0 amide bonds. The number of nitrogens with zero attached hydrogens (tertiary/aromatic N) is 4. The molecule has 244 valence electrons. The number of H-pyrrole nitrogens is 4. The molecule has 0 fully saturated rings. The summed E-state index contributed by atoms with van der Waals surface area (Å²) in [5, 5.41) is 0. The molecule has 8 heteroatoms. The van der Waals surface area contributed by atoms with Crippen molar-refractivity contribution in [2.24, 2.45) is 0 Å². The van der Waals surface area contributed by atoms with Crippen LogP contribution in [0.1, 0.15) is 63.1 Å². The molecule has 0 atom stereocenters. The first kappa shape index (κ1) is 29.1. The van der Waals surface area contributed by atoms with Crippen LogP contribution in [0.4, 0.5) is 0 Å². The number of rotatable bonds is 4. The van der Waals surface area contributed by atoms with Gasteiger partial charge >= 0.3 is 0 Å². The van der Waals surface area contributed by atoms with Gasteiger partial charge in [-0.2, -0.15) is 0 Å². The van der Waals surface area contributed by atoms with E-state index in [1.54, 1.807) is 0 Å². The molecule has 6 aromatic rings. The Morgan fingerprint density at radius 3 is 1.08 bits per heavy atom. The molecule has 4 aliphatic rings. The standard InChI is InChI=1S/C43H32N8/c1(2-26-16-40-22-36-10-8-32(46-36)18-28-4-6-30(44-28)20-34-12-14-38(48-34)24-42(26)50-40)3-27-17-41-23-37-11-9-33(47-37)19-29-5-7-31(45-29)21-35-13-15-39(49-35)25-43(27)51-41/h4-25,44,47,50-51H,1-3H2. The topological polar surface area (TPSA) is 115 Å². The second-order valence-corrected chi connectivity index (χ2v) is 13.3. The van der Waals surface area contributed by atoms with Crippen LogP contribution < -0.4 is 0 Å². The zero-order valence-corrected chi connectivity index (χ0v) is 27.6. The van der Waals surface area contributed by atoms with Crippen molar-refractivity contribution in [3.8, 4) is 0 Å². The van der Waals surface area contributed by atoms with Crippen LogP contribution in [-0.2, 0) is 12.8 Å². The fourth-order valence-electron chi connectivity index (χ4n) is 7.04. The van der Waals surface area contributed by atoms with Crippen molar-refractivity contribution < 1.29 is 0 Å². The second-order valence-electron chi connectivity index (χ2n) is 13.3. The molecule has 16 bridgehead atoms. The number of aromatic amines is 4. The molecule has 10 rings (SSSR count). The fraction of sp³-hybridized carbons (Fsp3) is 0.0698. The van der Waals surface area contributed by atoms with E-state index in [1.165, 1.54) is 11.1 Å². The van der Waals surface area contributed by atoms with Crippen molar-refractivity contribution in [1.82, 2.24) is 39.9 Å². The Balaban J connectivity index is 1.03. The van der Waals surface area contributed by atoms with Gasteiger partial charge in [-0.1, -0.05) is 0 Å². The Morgan fingerprint density at radius 1 is 0.314 bits per heavy atom. The van der Waals surface area contributed by atoms with Crippen LogP contribution in [-0.4, -0.2) is 39.9 Å². The Morgan fingerprint density at radius 2 is 0.647 bits per heavy atom. The summed E-state index contributed by atoms with van der Waals surface area (Å²) in [5.41, 5.74) is 18.1. The maximum atomic E-state index is 4.89. The monoisotopic (exact) mass is 660 g/mol. The number of hydrogen-bond acceptors (Lipinski definition) is 4. The lowest BCUT2D eigenvalue weighted by atomic mass is 10.0. The van der Waals surface area contributed by atoms with Gasteiger partial charge in [0, 0.05) is 44.1 Å². The van der Waals surface area contributed by atoms with Gasteiger partial charge in [-0.25, -0.2) is 19.9 Å². The maximum absolute atomic E-state index is 4.89. The Hall–Kier alpha value is -6.80. The summed E-state index contributed by atoms with van der Waals surface area (Å²) in [7, 11) is 0. The molecule has 8 nitrogen and oxygen atoms in total. The van der Waals surface area contributed by atoms with Crippen molar-refractivity contribution in [1.29, 1.82) is 0 Å². The number of nitrogens with one attached hydrogen (secondary N) is 4. The van der Waals surface area contributed by atoms with E-state index in [2.05, 4.69) is 129 Å². The molecular formula is C43H32N8. The molecule has 4 aliphatic heterocycles. The molecule has 51 heavy (non-hydrogen) atoms. The minimum atomic E-state index is 0.894. The van der Waals surface area contributed by atoms with Crippen LogP contribution in [0.15, 0.2) is 84.9 Å². The van der Waals surface area contributed by atoms with E-state index in [-0.39, 0.29) is 0 Å². The lowest BCUT2D eigenvalue weighted by Gasteiger charge is -2.00. The van der Waals surface area contributed by atoms with E-state index >= 15 is 0 Å². The summed E-state index contributed by atoms with van der Waals surface area (Å²) in [6, 6.07) is 29.6. The summed E-state index contributed by atoms with van der Waals surface area (Å²) in [5.74, 6) is 0. The predicted octanol–water partition coefficient (Wildman–Crippen LogP) is 9.80. The highest BCUT2D eigenvalue weighted by atomic mass is 14.8. The van der Waals surface area contributed by atoms with Crippen LogP contribution in [0.3, 0.4) is 0 Å². The average molecular weight is 661 g/mol. The van der Waals surface area contributed by atoms with E-state index in [1.807, 2.05) is 24.3 Å². The van der Waals surface area contributed by atoms with Gasteiger partial charge in [-0.3, -0.25) is 0 Å². The minimum Gasteiger partial charge on any atom is -0.355 e. The normalized spacial score (nSPS) is 13.0. The van der Waals surface area contributed by atoms with Crippen molar-refractivity contribution in [2.45, 2.75) is 19.3 Å². The second kappa shape index (κ2) is 12.0. The lowest BCUT2D eigenvalue weighted by Crippen LogP contribution is -1.89. The quantitative estimate of drug-likeness (QED) is 0.150. The number of aryl methyl sites for hydroxylation is 2. The molecule has 0 aromatic carbocycles. The highest BCUT2D eigenvalue weighted by molar-refractivity contribution is 5.80. The van der Waals surface area contributed by atoms with Gasteiger partial charge in [-0.15, -0.1) is 0 Å². The first-order valence-electron chi connectivity index (χ1n) is 17.2. The molecule has 0 unspecified atom stereocenters. The third kappa shape index (κ3) is 6.15. The Labute approximate surface area is 292 Å². The molecule has 0 radical (unpaired) electrons. The number of hydrogen-bond donors (Lipinski definition) is 4. The minimum absolute atomic E-state index is 0.894. The van der Waals surface area contributed by atoms with E-state index in [0.29, 0.717) is 0 Å². The van der Waals surface area contributed by atoms with Crippen LogP contribution in [0.25, 0.3) is 92.7 Å². The van der Waals surface area contributed by atoms with Crippen molar-refractivity contribution in [3.63, 3.8) is 0 Å². The summed E-state index contributed by atoms with van der Waals surface area (Å²) in [4.78, 5) is 33.6. The van der Waals surface area contributed by atoms with Crippen molar-refractivity contribution >= 4 is 92.7 Å². The van der Waals surface area contributed by atoms with E-state index in [4.69, 9.17) is 19.9 Å². The smallest absolute Gasteiger partial charge is 0.0659 e. The highest BCUT2D eigenvalue weighted by Crippen LogP contribution is 2.24. The van der Waals surface area contributed by atoms with Crippen LogP contribution in [0, 0.1) is 0 Å². The van der Waals surface area contributed by atoms with Gasteiger partial charge in [-0.05, 0) is 164 Å². The van der Waals surface area contributed by atoms with Gasteiger partial charge in [0.15, 0.2) is 0 Å². The van der Waals surface area contributed by atoms with Crippen LogP contribution >= 0.6 is 0 Å². The summed E-state index contributed by atoms with van der Waals surface area (Å²) < 4.78 is 0. The zero-order chi connectivity index (χ0) is 33.7. The average Bonchev–Trinajstić information content (AvgIpc) is 3.94. The summed E-state index contributed by atoms with van der Waals surface area (Å²) in [6.45, 7) is 0. The first-order chi connectivity index (χ1) is 25.1. The van der Waals surface area contributed by atoms with Gasteiger partial charge < -0.3 is 19.9 Å². The predicted molar refractivity (Wildman–Crippen MR) is 210 cm³/mol. The zero-order valence-electron chi connectivity index (χ0n) is 27.6. The van der Waals surface area contributed by atoms with Crippen LogP contribution in [0.5, 0.6) is 0 Å². The third-order valence-corrected chi connectivity index (χ3v) is 9.40. The SMILES string of the molecule is C1=Cc2cc3ccc(cc4cc(CCCc5cc6cc7nc(cc8ccc(cc9nc(cc5[nH]6)C=C9)[nH]8)C=C7)c(cc5nc(cc1n2)C=C5)[nH]4)[nH]3. The van der Waals surface area contributed by atoms with Crippen LogP contribution in [0.2, 0.25) is 0 Å². The molecule has 0 aliphatic carbocycles. The Bertz CT molecular complexity index is 2850. The molecular weight excluding hydrogens is 629 g/mol. The molecule has 10 heterocycles. The molecule has 4 N–H and O–H groups in total. The molecule has 6 aromatic heterocycles. The van der Waals surface area contributed by atoms with Crippen molar-refractivity contribution in [2.75, 3.05) is 0 Å². The van der Waals surface area contributed by atoms with Gasteiger partial charge in [0.05, 0.1) is 45.6 Å². The van der Waals surface area contributed by atoms with E-state index < -0.39 is 0 Å². The summed E-state index contributed by atoms with van der Waals surface area (Å²) in [6.07, 6.45) is 19.2. The van der Waals surface area contributed by atoms with Gasteiger partial charge in [0.25, 0.3) is 0 Å². The largest absolute Gasteiger partial charge is 0.355 e. The summed E-state index contributed by atoms with van der Waals surface area (Å²) >= 11 is 0. The van der Waals surface area contributed by atoms with Crippen molar-refractivity contribution in [3.05, 3.63) is 142 Å². The third-order valence-electron chi connectivity index (χ3n) is 9.40. The lowest BCUT2D eigenvalue weighted by molar-refractivity contribution is 0.831. The number of fused-ring (bicyclic) bond motifs is 16. The first-order valence-corrected chi connectivity index (χ1v) is 17.2. The van der Waals surface area contributed by atoms with E-state index in [0.717, 1.165) is 109 Å². The molecule has 0 saturated carbocycles.